The van der Waals surface area contributed by atoms with Gasteiger partial charge in [0.15, 0.2) is 5.58 Å². The van der Waals surface area contributed by atoms with Gasteiger partial charge in [0.1, 0.15) is 11.3 Å². The van der Waals surface area contributed by atoms with Crippen LogP contribution in [-0.2, 0) is 0 Å². The molecule has 0 saturated heterocycles. The molecule has 3 heteroatoms. The zero-order chi connectivity index (χ0) is 13.4. The van der Waals surface area contributed by atoms with Crippen molar-refractivity contribution in [1.82, 2.24) is 4.98 Å². The van der Waals surface area contributed by atoms with Crippen LogP contribution < -0.4 is 0 Å². The molecule has 0 aliphatic rings. The van der Waals surface area contributed by atoms with Gasteiger partial charge < -0.3 is 9.52 Å². The minimum absolute atomic E-state index is 0.211. The van der Waals surface area contributed by atoms with E-state index in [2.05, 4.69) is 31.0 Å². The summed E-state index contributed by atoms with van der Waals surface area (Å²) in [6.07, 6.45) is 0. The topological polar surface area (TPSA) is 46.3 Å². The maximum absolute atomic E-state index is 9.50. The first kappa shape index (κ1) is 11.8. The fourth-order valence-electron chi connectivity index (χ4n) is 2.07. The third-order valence-corrected chi connectivity index (χ3v) is 3.17. The lowest BCUT2D eigenvalue weighted by molar-refractivity contribution is 0.475. The van der Waals surface area contributed by atoms with E-state index >= 15 is 0 Å². The predicted molar refractivity (Wildman–Crippen MR) is 75.2 cm³/mol. The number of nitrogens with zero attached hydrogens (tertiary/aromatic N) is 1. The van der Waals surface area contributed by atoms with Crippen LogP contribution in [0.2, 0.25) is 0 Å². The van der Waals surface area contributed by atoms with Crippen molar-refractivity contribution in [3.63, 3.8) is 0 Å². The fraction of sp³-hybridized carbons (Fsp3) is 0.188. The number of benzene rings is 2. The molecule has 0 bridgehead atoms. The van der Waals surface area contributed by atoms with E-state index in [-0.39, 0.29) is 5.75 Å². The molecule has 1 N–H and O–H groups in total. The molecule has 2 aromatic carbocycles. The Morgan fingerprint density at radius 1 is 1.11 bits per heavy atom. The molecule has 3 nitrogen and oxygen atoms in total. The van der Waals surface area contributed by atoms with Gasteiger partial charge in [0.2, 0.25) is 5.89 Å². The molecular weight excluding hydrogens is 238 g/mol. The molecule has 96 valence electrons. The first-order valence-corrected chi connectivity index (χ1v) is 6.33. The Morgan fingerprint density at radius 3 is 2.68 bits per heavy atom. The summed E-state index contributed by atoms with van der Waals surface area (Å²) in [5, 5.41) is 9.50. The lowest BCUT2D eigenvalue weighted by Gasteiger charge is -2.02. The Labute approximate surface area is 111 Å². The standard InChI is InChI=1S/C16H15NO2/c1-10(2)11-6-7-15-14(9-11)17-16(19-15)12-4-3-5-13(18)8-12/h3-10,18H,1-2H3. The van der Waals surface area contributed by atoms with E-state index in [1.165, 1.54) is 5.56 Å². The highest BCUT2D eigenvalue weighted by molar-refractivity contribution is 5.77. The van der Waals surface area contributed by atoms with Gasteiger partial charge in [-0.1, -0.05) is 26.0 Å². The van der Waals surface area contributed by atoms with Gasteiger partial charge in [0.05, 0.1) is 0 Å². The zero-order valence-corrected chi connectivity index (χ0v) is 10.9. The van der Waals surface area contributed by atoms with E-state index < -0.39 is 0 Å². The van der Waals surface area contributed by atoms with Crippen LogP contribution in [0, 0.1) is 0 Å². The van der Waals surface area contributed by atoms with E-state index in [0.717, 1.165) is 16.7 Å². The molecule has 0 aliphatic heterocycles. The first-order valence-electron chi connectivity index (χ1n) is 6.33. The van der Waals surface area contributed by atoms with Crippen molar-refractivity contribution < 1.29 is 9.52 Å². The average molecular weight is 253 g/mol. The summed E-state index contributed by atoms with van der Waals surface area (Å²) in [5.74, 6) is 1.21. The zero-order valence-electron chi connectivity index (χ0n) is 10.9. The summed E-state index contributed by atoms with van der Waals surface area (Å²) in [7, 11) is 0. The third-order valence-electron chi connectivity index (χ3n) is 3.17. The molecule has 0 unspecified atom stereocenters. The van der Waals surface area contributed by atoms with Crippen molar-refractivity contribution in [3.8, 4) is 17.2 Å². The lowest BCUT2D eigenvalue weighted by atomic mass is 10.0. The molecule has 0 aliphatic carbocycles. The molecule has 0 amide bonds. The van der Waals surface area contributed by atoms with E-state index in [1.54, 1.807) is 18.2 Å². The quantitative estimate of drug-likeness (QED) is 0.739. The molecule has 1 heterocycles. The molecule has 1 aromatic heterocycles. The van der Waals surface area contributed by atoms with Crippen LogP contribution in [0.3, 0.4) is 0 Å². The van der Waals surface area contributed by atoms with Crippen molar-refractivity contribution in [2.45, 2.75) is 19.8 Å². The van der Waals surface area contributed by atoms with Crippen molar-refractivity contribution in [2.24, 2.45) is 0 Å². The summed E-state index contributed by atoms with van der Waals surface area (Å²) in [6.45, 7) is 4.30. The van der Waals surface area contributed by atoms with Gasteiger partial charge in [0.25, 0.3) is 0 Å². The van der Waals surface area contributed by atoms with Gasteiger partial charge >= 0.3 is 0 Å². The van der Waals surface area contributed by atoms with Gasteiger partial charge in [-0.25, -0.2) is 4.98 Å². The minimum atomic E-state index is 0.211. The van der Waals surface area contributed by atoms with E-state index in [0.29, 0.717) is 11.8 Å². The molecule has 0 atom stereocenters. The van der Waals surface area contributed by atoms with Crippen molar-refractivity contribution >= 4 is 11.1 Å². The number of oxazole rings is 1. The summed E-state index contributed by atoms with van der Waals surface area (Å²) in [5.41, 5.74) is 3.64. The normalized spacial score (nSPS) is 11.3. The summed E-state index contributed by atoms with van der Waals surface area (Å²) >= 11 is 0. The maximum Gasteiger partial charge on any atom is 0.227 e. The van der Waals surface area contributed by atoms with Gasteiger partial charge in [-0.3, -0.25) is 0 Å². The lowest BCUT2D eigenvalue weighted by Crippen LogP contribution is -1.85. The van der Waals surface area contributed by atoms with Crippen LogP contribution in [0.4, 0.5) is 0 Å². The molecule has 19 heavy (non-hydrogen) atoms. The van der Waals surface area contributed by atoms with E-state index in [4.69, 9.17) is 4.42 Å². The number of phenolic OH excluding ortho intramolecular Hbond substituents is 1. The van der Waals surface area contributed by atoms with Gasteiger partial charge in [-0.2, -0.15) is 0 Å². The Morgan fingerprint density at radius 2 is 1.95 bits per heavy atom. The molecule has 3 rings (SSSR count). The molecule has 0 saturated carbocycles. The van der Waals surface area contributed by atoms with E-state index in [1.807, 2.05) is 12.1 Å². The SMILES string of the molecule is CC(C)c1ccc2oc(-c3cccc(O)c3)nc2c1. The Bertz CT molecular complexity index is 728. The number of fused-ring (bicyclic) bond motifs is 1. The van der Waals surface area contributed by atoms with Crippen molar-refractivity contribution in [2.75, 3.05) is 0 Å². The highest BCUT2D eigenvalue weighted by Gasteiger charge is 2.10. The number of phenols is 1. The first-order chi connectivity index (χ1) is 9.13. The highest BCUT2D eigenvalue weighted by Crippen LogP contribution is 2.28. The fourth-order valence-corrected chi connectivity index (χ4v) is 2.07. The van der Waals surface area contributed by atoms with Gasteiger partial charge in [-0.05, 0) is 41.8 Å². The highest BCUT2D eigenvalue weighted by atomic mass is 16.3. The smallest absolute Gasteiger partial charge is 0.227 e. The Kier molecular flexibility index (Phi) is 2.75. The minimum Gasteiger partial charge on any atom is -0.508 e. The molecule has 0 fully saturated rings. The second-order valence-corrected chi connectivity index (χ2v) is 4.95. The molecular formula is C16H15NO2. The number of hydrogen-bond donors (Lipinski definition) is 1. The Balaban J connectivity index is 2.11. The summed E-state index contributed by atoms with van der Waals surface area (Å²) < 4.78 is 5.72. The summed E-state index contributed by atoms with van der Waals surface area (Å²) in [4.78, 5) is 4.49. The van der Waals surface area contributed by atoms with Crippen molar-refractivity contribution in [3.05, 3.63) is 48.0 Å². The molecule has 0 radical (unpaired) electrons. The van der Waals surface area contributed by atoms with E-state index in [9.17, 15) is 5.11 Å². The second kappa shape index (κ2) is 4.43. The monoisotopic (exact) mass is 253 g/mol. The molecule has 0 spiro atoms. The van der Waals surface area contributed by atoms with Gasteiger partial charge in [-0.15, -0.1) is 0 Å². The van der Waals surface area contributed by atoms with Crippen LogP contribution in [0.25, 0.3) is 22.6 Å². The summed E-state index contributed by atoms with van der Waals surface area (Å²) in [6, 6.07) is 13.0. The third kappa shape index (κ3) is 2.19. The van der Waals surface area contributed by atoms with Crippen LogP contribution >= 0.6 is 0 Å². The maximum atomic E-state index is 9.50. The van der Waals surface area contributed by atoms with Crippen LogP contribution in [0.1, 0.15) is 25.3 Å². The number of hydrogen-bond acceptors (Lipinski definition) is 3. The van der Waals surface area contributed by atoms with Crippen LogP contribution in [0.15, 0.2) is 46.9 Å². The predicted octanol–water partition coefficient (Wildman–Crippen LogP) is 4.32. The average Bonchev–Trinajstić information content (AvgIpc) is 2.81. The number of aromatic nitrogens is 1. The number of aromatic hydroxyl groups is 1. The van der Waals surface area contributed by atoms with Crippen LogP contribution in [-0.4, -0.2) is 10.1 Å². The Hall–Kier alpha value is -2.29. The largest absolute Gasteiger partial charge is 0.508 e. The van der Waals surface area contributed by atoms with Gasteiger partial charge in [0, 0.05) is 5.56 Å². The molecule has 3 aromatic rings. The number of rotatable bonds is 2. The second-order valence-electron chi connectivity index (χ2n) is 4.95. The van der Waals surface area contributed by atoms with Crippen LogP contribution in [0.5, 0.6) is 5.75 Å². The van der Waals surface area contributed by atoms with Crippen molar-refractivity contribution in [1.29, 1.82) is 0 Å².